The van der Waals surface area contributed by atoms with Crippen LogP contribution in [0.25, 0.3) is 0 Å². The molecule has 0 radical (unpaired) electrons. The van der Waals surface area contributed by atoms with E-state index in [2.05, 4.69) is 36.2 Å². The molecule has 1 aromatic carbocycles. The van der Waals surface area contributed by atoms with Gasteiger partial charge in [-0.15, -0.1) is 6.58 Å². The Bertz CT molecular complexity index is 520. The van der Waals surface area contributed by atoms with Crippen LogP contribution in [-0.4, -0.2) is 29.4 Å². The third-order valence-corrected chi connectivity index (χ3v) is 4.75. The van der Waals surface area contributed by atoms with Crippen molar-refractivity contribution in [1.82, 2.24) is 10.2 Å². The Balaban J connectivity index is 1.73. The summed E-state index contributed by atoms with van der Waals surface area (Å²) >= 11 is 0. The number of hydrogen-bond acceptors (Lipinski definition) is 2. The number of carbonyl (C=O) groups excluding carboxylic acids is 1. The van der Waals surface area contributed by atoms with E-state index in [1.54, 1.807) is 0 Å². The highest BCUT2D eigenvalue weighted by molar-refractivity contribution is 5.83. The predicted octanol–water partition coefficient (Wildman–Crippen LogP) is 2.66. The number of hydrogen-bond donors (Lipinski definition) is 1. The molecule has 1 amide bonds. The lowest BCUT2D eigenvalue weighted by Gasteiger charge is -2.34. The summed E-state index contributed by atoms with van der Waals surface area (Å²) in [6, 6.07) is 8.73. The molecule has 21 heavy (non-hydrogen) atoms. The first-order valence-corrected chi connectivity index (χ1v) is 8.01. The Morgan fingerprint density at radius 1 is 1.29 bits per heavy atom. The van der Waals surface area contributed by atoms with Crippen LogP contribution < -0.4 is 5.32 Å². The van der Waals surface area contributed by atoms with Crippen molar-refractivity contribution in [2.45, 2.75) is 50.7 Å². The van der Waals surface area contributed by atoms with E-state index < -0.39 is 0 Å². The molecule has 1 N–H and O–H groups in total. The second kappa shape index (κ2) is 6.44. The zero-order chi connectivity index (χ0) is 14.7. The molecule has 0 spiro atoms. The van der Waals surface area contributed by atoms with Crippen molar-refractivity contribution in [3.63, 3.8) is 0 Å². The first-order chi connectivity index (χ1) is 10.3. The lowest BCUT2D eigenvalue weighted by Crippen LogP contribution is -2.52. The van der Waals surface area contributed by atoms with E-state index in [4.69, 9.17) is 0 Å². The number of rotatable bonds is 4. The first kappa shape index (κ1) is 14.3. The van der Waals surface area contributed by atoms with Crippen LogP contribution in [0.3, 0.4) is 0 Å². The molecule has 1 fully saturated rings. The Morgan fingerprint density at radius 3 is 2.71 bits per heavy atom. The number of amides is 1. The summed E-state index contributed by atoms with van der Waals surface area (Å²) in [6.45, 7) is 5.28. The highest BCUT2D eigenvalue weighted by Gasteiger charge is 2.32. The first-order valence-electron chi connectivity index (χ1n) is 8.01. The summed E-state index contributed by atoms with van der Waals surface area (Å²) in [5.74, 6) is 0.247. The molecular formula is C18H24N2O. The van der Waals surface area contributed by atoms with Gasteiger partial charge in [0.05, 0.1) is 6.04 Å². The molecule has 112 valence electrons. The van der Waals surface area contributed by atoms with Gasteiger partial charge in [-0.3, -0.25) is 4.79 Å². The van der Waals surface area contributed by atoms with Crippen LogP contribution >= 0.6 is 0 Å². The Hall–Kier alpha value is -1.61. The molecule has 3 rings (SSSR count). The molecule has 0 bridgehead atoms. The van der Waals surface area contributed by atoms with Crippen LogP contribution in [0.2, 0.25) is 0 Å². The van der Waals surface area contributed by atoms with Crippen molar-refractivity contribution in [3.8, 4) is 0 Å². The third-order valence-electron chi connectivity index (χ3n) is 4.75. The normalized spacial score (nSPS) is 21.8. The summed E-state index contributed by atoms with van der Waals surface area (Å²) in [6.07, 6.45) is 7.42. The summed E-state index contributed by atoms with van der Waals surface area (Å²) in [5.41, 5.74) is 2.62. The van der Waals surface area contributed by atoms with Crippen molar-refractivity contribution < 1.29 is 4.79 Å². The Labute approximate surface area is 127 Å². The van der Waals surface area contributed by atoms with Crippen LogP contribution in [0.4, 0.5) is 0 Å². The topological polar surface area (TPSA) is 32.3 Å². The van der Waals surface area contributed by atoms with Gasteiger partial charge in [0, 0.05) is 19.1 Å². The van der Waals surface area contributed by atoms with Crippen molar-refractivity contribution in [3.05, 3.63) is 48.0 Å². The fourth-order valence-corrected chi connectivity index (χ4v) is 3.60. The van der Waals surface area contributed by atoms with Crippen molar-refractivity contribution in [2.24, 2.45) is 0 Å². The molecule has 1 unspecified atom stereocenters. The maximum absolute atomic E-state index is 12.9. The van der Waals surface area contributed by atoms with Gasteiger partial charge in [0.2, 0.25) is 5.91 Å². The van der Waals surface area contributed by atoms with Crippen LogP contribution in [0.1, 0.15) is 36.8 Å². The number of carbonyl (C=O) groups is 1. The number of nitrogens with one attached hydrogen (secondary N) is 1. The third kappa shape index (κ3) is 3.03. The second-order valence-electron chi connectivity index (χ2n) is 6.12. The highest BCUT2D eigenvalue weighted by Crippen LogP contribution is 2.25. The van der Waals surface area contributed by atoms with Crippen LogP contribution in [0.5, 0.6) is 0 Å². The summed E-state index contributed by atoms with van der Waals surface area (Å²) in [5, 5.41) is 3.41. The molecular weight excluding hydrogens is 260 g/mol. The fourth-order valence-electron chi connectivity index (χ4n) is 3.60. The van der Waals surface area contributed by atoms with E-state index in [-0.39, 0.29) is 11.9 Å². The monoisotopic (exact) mass is 284 g/mol. The molecule has 1 aliphatic carbocycles. The smallest absolute Gasteiger partial charge is 0.240 e. The van der Waals surface area contributed by atoms with Crippen molar-refractivity contribution >= 4 is 5.91 Å². The predicted molar refractivity (Wildman–Crippen MR) is 84.9 cm³/mol. The average molecular weight is 284 g/mol. The van der Waals surface area contributed by atoms with E-state index in [9.17, 15) is 4.79 Å². The van der Waals surface area contributed by atoms with Crippen molar-refractivity contribution in [1.29, 1.82) is 0 Å². The fraction of sp³-hybridized carbons (Fsp3) is 0.500. The lowest BCUT2D eigenvalue weighted by atomic mass is 9.95. The van der Waals surface area contributed by atoms with Gasteiger partial charge < -0.3 is 10.2 Å². The van der Waals surface area contributed by atoms with Gasteiger partial charge in [-0.25, -0.2) is 0 Å². The SMILES string of the molecule is C=CCN(C(=O)C1Cc2ccccc2CN1)C1CCCC1. The van der Waals surface area contributed by atoms with Gasteiger partial charge in [-0.05, 0) is 30.4 Å². The number of nitrogens with zero attached hydrogens (tertiary/aromatic N) is 1. The molecule has 1 heterocycles. The van der Waals surface area contributed by atoms with Gasteiger partial charge in [0.25, 0.3) is 0 Å². The maximum atomic E-state index is 12.9. The minimum absolute atomic E-state index is 0.0829. The zero-order valence-corrected chi connectivity index (χ0v) is 12.6. The molecule has 0 aromatic heterocycles. The maximum Gasteiger partial charge on any atom is 0.240 e. The van der Waals surface area contributed by atoms with E-state index in [0.29, 0.717) is 12.6 Å². The number of benzene rings is 1. The van der Waals surface area contributed by atoms with Crippen LogP contribution in [-0.2, 0) is 17.8 Å². The molecule has 1 atom stereocenters. The lowest BCUT2D eigenvalue weighted by molar-refractivity contribution is -0.135. The van der Waals surface area contributed by atoms with Gasteiger partial charge in [0.1, 0.15) is 0 Å². The quantitative estimate of drug-likeness (QED) is 0.862. The van der Waals surface area contributed by atoms with E-state index in [1.807, 2.05) is 11.0 Å². The van der Waals surface area contributed by atoms with E-state index >= 15 is 0 Å². The average Bonchev–Trinajstić information content (AvgIpc) is 3.05. The van der Waals surface area contributed by atoms with Gasteiger partial charge >= 0.3 is 0 Å². The minimum atomic E-state index is -0.0829. The van der Waals surface area contributed by atoms with Crippen LogP contribution in [0, 0.1) is 0 Å². The zero-order valence-electron chi connectivity index (χ0n) is 12.6. The molecule has 1 aliphatic heterocycles. The molecule has 2 aliphatic rings. The summed E-state index contributed by atoms with van der Waals surface area (Å²) in [7, 11) is 0. The Kier molecular flexibility index (Phi) is 4.39. The number of fused-ring (bicyclic) bond motifs is 1. The van der Waals surface area contributed by atoms with E-state index in [1.165, 1.54) is 24.0 Å². The molecule has 3 heteroatoms. The Morgan fingerprint density at radius 2 is 2.00 bits per heavy atom. The molecule has 3 nitrogen and oxygen atoms in total. The van der Waals surface area contributed by atoms with Crippen molar-refractivity contribution in [2.75, 3.05) is 6.54 Å². The van der Waals surface area contributed by atoms with Gasteiger partial charge in [0.15, 0.2) is 0 Å². The highest BCUT2D eigenvalue weighted by atomic mass is 16.2. The van der Waals surface area contributed by atoms with Gasteiger partial charge in [-0.1, -0.05) is 43.2 Å². The molecule has 1 aromatic rings. The van der Waals surface area contributed by atoms with Crippen LogP contribution in [0.15, 0.2) is 36.9 Å². The standard InChI is InChI=1S/C18H24N2O/c1-2-11-20(16-9-5-6-10-16)18(21)17-12-14-7-3-4-8-15(14)13-19-17/h2-4,7-8,16-17,19H,1,5-6,9-13H2. The second-order valence-corrected chi connectivity index (χ2v) is 6.12. The minimum Gasteiger partial charge on any atom is -0.335 e. The largest absolute Gasteiger partial charge is 0.335 e. The van der Waals surface area contributed by atoms with E-state index in [0.717, 1.165) is 25.8 Å². The molecule has 0 saturated heterocycles. The summed E-state index contributed by atoms with van der Waals surface area (Å²) in [4.78, 5) is 14.9. The van der Waals surface area contributed by atoms with Gasteiger partial charge in [-0.2, -0.15) is 0 Å². The summed E-state index contributed by atoms with van der Waals surface area (Å²) < 4.78 is 0. The molecule has 1 saturated carbocycles.